The van der Waals surface area contributed by atoms with E-state index in [1.165, 1.54) is 4.90 Å². The number of rotatable bonds is 5. The molecule has 0 N–H and O–H groups in total. The van der Waals surface area contributed by atoms with Gasteiger partial charge in [-0.15, -0.1) is 0 Å². The van der Waals surface area contributed by atoms with Crippen molar-refractivity contribution in [2.45, 2.75) is 10.8 Å². The fourth-order valence-electron chi connectivity index (χ4n) is 8.20. The van der Waals surface area contributed by atoms with Crippen molar-refractivity contribution in [3.05, 3.63) is 173 Å². The molecule has 5 heteroatoms. The zero-order valence-corrected chi connectivity index (χ0v) is 24.3. The van der Waals surface area contributed by atoms with E-state index >= 15 is 4.79 Å². The number of ketones is 1. The first-order chi connectivity index (χ1) is 21.5. The number of hydrogen-bond donors (Lipinski definition) is 0. The maximum atomic E-state index is 15.8. The molecule has 4 nitrogen and oxygen atoms in total. The van der Waals surface area contributed by atoms with Gasteiger partial charge < -0.3 is 0 Å². The second kappa shape index (κ2) is 9.73. The maximum absolute atomic E-state index is 15.8. The first kappa shape index (κ1) is 26.6. The Morgan fingerprint density at radius 2 is 0.841 bits per heavy atom. The molecule has 3 aliphatic rings. The standard InChI is InChI=1S/C39H26ClNO3/c40-29-23-13-14-24-30(29)41-35(42)33-34(36(41)43)39(28-21-11-4-12-22-28)32(26-17-7-2-8-18-26)31(25-15-5-1-6-16-25)38(33,37(39)44)27-19-9-3-10-20-27/h1-24,33-34H/t33-,34-,38-,39+/m1/s1. The van der Waals surface area contributed by atoms with Gasteiger partial charge in [-0.05, 0) is 45.5 Å². The first-order valence-corrected chi connectivity index (χ1v) is 15.1. The Bertz CT molecular complexity index is 1870. The van der Waals surface area contributed by atoms with Crippen LogP contribution in [0.25, 0.3) is 11.1 Å². The molecule has 44 heavy (non-hydrogen) atoms. The van der Waals surface area contributed by atoms with Gasteiger partial charge in [-0.1, -0.05) is 145 Å². The molecule has 1 saturated heterocycles. The summed E-state index contributed by atoms with van der Waals surface area (Å²) in [6.07, 6.45) is 0. The van der Waals surface area contributed by atoms with E-state index in [4.69, 9.17) is 11.6 Å². The molecule has 4 atom stereocenters. The predicted octanol–water partition coefficient (Wildman–Crippen LogP) is 7.53. The topological polar surface area (TPSA) is 54.5 Å². The van der Waals surface area contributed by atoms with Crippen LogP contribution in [0.2, 0.25) is 5.02 Å². The number of Topliss-reactive ketones (excluding diaryl/α,β-unsaturated/α-hetero) is 1. The van der Waals surface area contributed by atoms with Crippen LogP contribution in [0.3, 0.4) is 0 Å². The predicted molar refractivity (Wildman–Crippen MR) is 172 cm³/mol. The number of amides is 2. The van der Waals surface area contributed by atoms with Crippen LogP contribution in [-0.2, 0) is 25.2 Å². The minimum absolute atomic E-state index is 0.143. The molecule has 0 spiro atoms. The molecule has 5 aromatic rings. The van der Waals surface area contributed by atoms with Crippen LogP contribution in [-0.4, -0.2) is 17.6 Å². The van der Waals surface area contributed by atoms with E-state index < -0.39 is 34.5 Å². The molecule has 8 rings (SSSR count). The number of para-hydroxylation sites is 1. The Balaban J connectivity index is 1.57. The van der Waals surface area contributed by atoms with Gasteiger partial charge in [0.2, 0.25) is 11.8 Å². The van der Waals surface area contributed by atoms with Crippen molar-refractivity contribution in [2.24, 2.45) is 11.8 Å². The zero-order valence-electron chi connectivity index (χ0n) is 23.6. The Labute approximate surface area is 260 Å². The van der Waals surface area contributed by atoms with Crippen molar-refractivity contribution in [2.75, 3.05) is 4.90 Å². The molecule has 1 saturated carbocycles. The minimum atomic E-state index is -1.43. The average molecular weight is 592 g/mol. The Morgan fingerprint density at radius 3 is 1.25 bits per heavy atom. The Hall–Kier alpha value is -5.06. The van der Waals surface area contributed by atoms with Gasteiger partial charge in [0.15, 0.2) is 5.78 Å². The second-order valence-corrected chi connectivity index (χ2v) is 12.0. The lowest BCUT2D eigenvalue weighted by molar-refractivity contribution is -0.130. The second-order valence-electron chi connectivity index (χ2n) is 11.6. The van der Waals surface area contributed by atoms with E-state index in [2.05, 4.69) is 0 Å². The van der Waals surface area contributed by atoms with Crippen molar-refractivity contribution >= 4 is 46.0 Å². The molecular formula is C39H26ClNO3. The molecule has 2 amide bonds. The van der Waals surface area contributed by atoms with Crippen LogP contribution < -0.4 is 4.90 Å². The van der Waals surface area contributed by atoms with Crippen LogP contribution in [0.4, 0.5) is 5.69 Å². The number of allylic oxidation sites excluding steroid dienone is 2. The summed E-state index contributed by atoms with van der Waals surface area (Å²) in [4.78, 5) is 46.9. The summed E-state index contributed by atoms with van der Waals surface area (Å²) in [6, 6.07) is 45.6. The van der Waals surface area contributed by atoms with Gasteiger partial charge in [-0.2, -0.15) is 0 Å². The van der Waals surface area contributed by atoms with Gasteiger partial charge in [0.25, 0.3) is 0 Å². The highest BCUT2D eigenvalue weighted by molar-refractivity contribution is 6.41. The largest absolute Gasteiger partial charge is 0.297 e. The van der Waals surface area contributed by atoms with Crippen molar-refractivity contribution < 1.29 is 14.4 Å². The number of anilines is 1. The van der Waals surface area contributed by atoms with Crippen molar-refractivity contribution in [3.63, 3.8) is 0 Å². The van der Waals surface area contributed by atoms with E-state index in [1.54, 1.807) is 24.3 Å². The van der Waals surface area contributed by atoms with Crippen LogP contribution in [0.5, 0.6) is 0 Å². The van der Waals surface area contributed by atoms with Gasteiger partial charge in [0.05, 0.1) is 33.4 Å². The maximum Gasteiger partial charge on any atom is 0.239 e. The summed E-state index contributed by atoms with van der Waals surface area (Å²) in [6.45, 7) is 0. The van der Waals surface area contributed by atoms with E-state index in [1.807, 2.05) is 121 Å². The van der Waals surface area contributed by atoms with Crippen LogP contribution in [0, 0.1) is 11.8 Å². The highest BCUT2D eigenvalue weighted by Crippen LogP contribution is 2.74. The third kappa shape index (κ3) is 3.21. The molecule has 0 aromatic heterocycles. The van der Waals surface area contributed by atoms with E-state index in [0.717, 1.165) is 22.3 Å². The molecule has 1 aliphatic heterocycles. The third-order valence-corrected chi connectivity index (χ3v) is 9.99. The molecule has 0 unspecified atom stereocenters. The van der Waals surface area contributed by atoms with E-state index in [-0.39, 0.29) is 5.78 Å². The van der Waals surface area contributed by atoms with Gasteiger partial charge >= 0.3 is 0 Å². The Kier molecular flexibility index (Phi) is 5.87. The van der Waals surface area contributed by atoms with Crippen molar-refractivity contribution in [3.8, 4) is 0 Å². The van der Waals surface area contributed by atoms with Crippen LogP contribution in [0.15, 0.2) is 146 Å². The summed E-state index contributed by atoms with van der Waals surface area (Å²) in [5.74, 6) is -2.93. The molecule has 1 heterocycles. The van der Waals surface area contributed by atoms with Gasteiger partial charge in [-0.25, -0.2) is 4.90 Å². The Morgan fingerprint density at radius 1 is 0.477 bits per heavy atom. The molecule has 0 radical (unpaired) electrons. The van der Waals surface area contributed by atoms with Crippen LogP contribution in [0.1, 0.15) is 22.3 Å². The summed E-state index contributed by atoms with van der Waals surface area (Å²) in [5, 5.41) is 0.301. The van der Waals surface area contributed by atoms with Gasteiger partial charge in [0.1, 0.15) is 0 Å². The molecular weight excluding hydrogens is 566 g/mol. The SMILES string of the molecule is O=C1[C@H]2[C@H](C(=O)N1c1ccccc1Cl)[C@]1(c3ccccc3)C(=O)[C@@]2(c2ccccc2)C(c2ccccc2)=C1c1ccccc1. The third-order valence-electron chi connectivity index (χ3n) is 9.67. The van der Waals surface area contributed by atoms with Gasteiger partial charge in [-0.3, -0.25) is 14.4 Å². The number of hydrogen-bond acceptors (Lipinski definition) is 3. The summed E-state index contributed by atoms with van der Waals surface area (Å²) in [7, 11) is 0. The molecule has 2 bridgehead atoms. The summed E-state index contributed by atoms with van der Waals surface area (Å²) < 4.78 is 0. The fraction of sp³-hybridized carbons (Fsp3) is 0.103. The number of benzene rings is 5. The smallest absolute Gasteiger partial charge is 0.239 e. The lowest BCUT2D eigenvalue weighted by atomic mass is 9.59. The summed E-state index contributed by atoms with van der Waals surface area (Å²) >= 11 is 6.64. The number of imide groups is 1. The number of nitrogens with zero attached hydrogens (tertiary/aromatic N) is 1. The molecule has 5 aromatic carbocycles. The normalized spacial score (nSPS) is 25.6. The lowest BCUT2D eigenvalue weighted by Crippen LogP contribution is -2.45. The average Bonchev–Trinajstić information content (AvgIpc) is 3.59. The summed E-state index contributed by atoms with van der Waals surface area (Å²) in [5.41, 5.74) is 2.09. The van der Waals surface area contributed by atoms with Gasteiger partial charge in [0, 0.05) is 0 Å². The zero-order chi connectivity index (χ0) is 30.1. The van der Waals surface area contributed by atoms with E-state index in [9.17, 15) is 9.59 Å². The molecule has 2 aliphatic carbocycles. The number of fused-ring (bicyclic) bond motifs is 5. The van der Waals surface area contributed by atoms with Crippen molar-refractivity contribution in [1.29, 1.82) is 0 Å². The quantitative estimate of drug-likeness (QED) is 0.199. The van der Waals surface area contributed by atoms with E-state index in [0.29, 0.717) is 21.8 Å². The molecule has 2 fully saturated rings. The number of halogens is 1. The number of carbonyl (C=O) groups is 3. The lowest BCUT2D eigenvalue weighted by Gasteiger charge is -2.39. The minimum Gasteiger partial charge on any atom is -0.297 e. The first-order valence-electron chi connectivity index (χ1n) is 14.7. The van der Waals surface area contributed by atoms with Crippen LogP contribution >= 0.6 is 11.6 Å². The fourth-order valence-corrected chi connectivity index (χ4v) is 8.42. The molecule has 212 valence electrons. The number of carbonyl (C=O) groups excluding carboxylic acids is 3. The van der Waals surface area contributed by atoms with Crippen molar-refractivity contribution in [1.82, 2.24) is 0 Å². The highest BCUT2D eigenvalue weighted by Gasteiger charge is 2.82. The highest BCUT2D eigenvalue weighted by atomic mass is 35.5. The monoisotopic (exact) mass is 591 g/mol.